The number of aromatic nitrogens is 1. The zero-order valence-electron chi connectivity index (χ0n) is 16.7. The highest BCUT2D eigenvalue weighted by Gasteiger charge is 2.14. The van der Waals surface area contributed by atoms with Gasteiger partial charge in [0.25, 0.3) is 0 Å². The lowest BCUT2D eigenvalue weighted by molar-refractivity contribution is 0.288. The van der Waals surface area contributed by atoms with Crippen molar-refractivity contribution in [3.63, 3.8) is 0 Å². The van der Waals surface area contributed by atoms with Gasteiger partial charge in [-0.15, -0.1) is 0 Å². The second kappa shape index (κ2) is 10.3. The molecule has 0 saturated carbocycles. The Labute approximate surface area is 175 Å². The maximum absolute atomic E-state index is 6.10. The lowest BCUT2D eigenvalue weighted by atomic mass is 10.2. The third-order valence-corrected chi connectivity index (χ3v) is 4.99. The summed E-state index contributed by atoms with van der Waals surface area (Å²) in [4.78, 5) is 4.24. The minimum atomic E-state index is 0.509. The predicted molar refractivity (Wildman–Crippen MR) is 113 cm³/mol. The van der Waals surface area contributed by atoms with Crippen LogP contribution in [-0.2, 0) is 20.1 Å². The third kappa shape index (κ3) is 5.17. The summed E-state index contributed by atoms with van der Waals surface area (Å²) in [6.45, 7) is 3.48. The standard InChI is InChI=1S/C19H26Cl2N4O3/c1-6-28-17-15(26-4)7-12(8-16(17)27-5)10-23-19(22-2)24-11-13-9-14(20)18(21)25(13)3/h7-9H,6,10-11H2,1-5H3,(H2,22,23,24). The molecule has 2 N–H and O–H groups in total. The first kappa shape index (κ1) is 22.0. The van der Waals surface area contributed by atoms with Crippen LogP contribution in [-0.4, -0.2) is 38.4 Å². The first-order valence-corrected chi connectivity index (χ1v) is 9.52. The molecule has 0 unspecified atom stereocenters. The van der Waals surface area contributed by atoms with E-state index in [9.17, 15) is 0 Å². The zero-order valence-corrected chi connectivity index (χ0v) is 18.2. The van der Waals surface area contributed by atoms with Gasteiger partial charge in [-0.05, 0) is 30.7 Å². The summed E-state index contributed by atoms with van der Waals surface area (Å²) < 4.78 is 18.3. The number of rotatable bonds is 8. The van der Waals surface area contributed by atoms with Crippen molar-refractivity contribution in [3.8, 4) is 17.2 Å². The molecule has 1 aromatic heterocycles. The first-order chi connectivity index (χ1) is 13.4. The highest BCUT2D eigenvalue weighted by molar-refractivity contribution is 6.41. The molecule has 9 heteroatoms. The van der Waals surface area contributed by atoms with Gasteiger partial charge in [-0.2, -0.15) is 0 Å². The Morgan fingerprint density at radius 1 is 1.07 bits per heavy atom. The fourth-order valence-electron chi connectivity index (χ4n) is 2.66. The van der Waals surface area contributed by atoms with Crippen LogP contribution in [0.2, 0.25) is 10.2 Å². The molecule has 0 aliphatic carbocycles. The summed E-state index contributed by atoms with van der Waals surface area (Å²) in [5.41, 5.74) is 1.91. The molecule has 154 valence electrons. The van der Waals surface area contributed by atoms with Gasteiger partial charge >= 0.3 is 0 Å². The van der Waals surface area contributed by atoms with E-state index in [0.29, 0.717) is 53.1 Å². The molecule has 0 aliphatic rings. The molecular weight excluding hydrogens is 403 g/mol. The van der Waals surface area contributed by atoms with E-state index in [-0.39, 0.29) is 0 Å². The van der Waals surface area contributed by atoms with Gasteiger partial charge < -0.3 is 29.4 Å². The van der Waals surface area contributed by atoms with E-state index in [4.69, 9.17) is 37.4 Å². The Morgan fingerprint density at radius 2 is 1.68 bits per heavy atom. The molecule has 1 aromatic carbocycles. The smallest absolute Gasteiger partial charge is 0.203 e. The number of hydrogen-bond acceptors (Lipinski definition) is 4. The van der Waals surface area contributed by atoms with Crippen LogP contribution in [0, 0.1) is 0 Å². The van der Waals surface area contributed by atoms with Crippen LogP contribution in [0.25, 0.3) is 0 Å². The van der Waals surface area contributed by atoms with E-state index in [2.05, 4.69) is 15.6 Å². The van der Waals surface area contributed by atoms with Crippen molar-refractivity contribution in [2.45, 2.75) is 20.0 Å². The largest absolute Gasteiger partial charge is 0.493 e. The van der Waals surface area contributed by atoms with Crippen LogP contribution in [0.4, 0.5) is 0 Å². The number of nitrogens with zero attached hydrogens (tertiary/aromatic N) is 2. The van der Waals surface area contributed by atoms with Gasteiger partial charge in [-0.25, -0.2) is 0 Å². The molecule has 0 bridgehead atoms. The van der Waals surface area contributed by atoms with Crippen LogP contribution in [0.1, 0.15) is 18.2 Å². The monoisotopic (exact) mass is 428 g/mol. The van der Waals surface area contributed by atoms with E-state index in [1.807, 2.05) is 36.7 Å². The van der Waals surface area contributed by atoms with E-state index < -0.39 is 0 Å². The second-order valence-electron chi connectivity index (χ2n) is 5.88. The number of benzene rings is 1. The Hall–Kier alpha value is -2.25. The molecule has 0 fully saturated rings. The molecule has 0 atom stereocenters. The van der Waals surface area contributed by atoms with Crippen molar-refractivity contribution in [1.82, 2.24) is 15.2 Å². The Kier molecular flexibility index (Phi) is 8.14. The number of aliphatic imine (C=N–C) groups is 1. The summed E-state index contributed by atoms with van der Waals surface area (Å²) in [5, 5.41) is 7.54. The number of guanidine groups is 1. The van der Waals surface area contributed by atoms with Crippen molar-refractivity contribution in [3.05, 3.63) is 39.6 Å². The second-order valence-corrected chi connectivity index (χ2v) is 6.64. The van der Waals surface area contributed by atoms with Crippen molar-refractivity contribution in [1.29, 1.82) is 0 Å². The van der Waals surface area contributed by atoms with Gasteiger partial charge in [0.2, 0.25) is 5.75 Å². The molecule has 2 aromatic rings. The highest BCUT2D eigenvalue weighted by Crippen LogP contribution is 2.38. The molecule has 0 radical (unpaired) electrons. The molecule has 0 spiro atoms. The maximum atomic E-state index is 6.10. The summed E-state index contributed by atoms with van der Waals surface area (Å²) in [5.74, 6) is 2.47. The van der Waals surface area contributed by atoms with Crippen LogP contribution in [0.3, 0.4) is 0 Å². The minimum absolute atomic E-state index is 0.509. The third-order valence-electron chi connectivity index (χ3n) is 4.15. The summed E-state index contributed by atoms with van der Waals surface area (Å²) in [6, 6.07) is 5.64. The van der Waals surface area contributed by atoms with Gasteiger partial charge in [0.15, 0.2) is 17.5 Å². The fourth-order valence-corrected chi connectivity index (χ4v) is 3.08. The van der Waals surface area contributed by atoms with Crippen LogP contribution < -0.4 is 24.8 Å². The van der Waals surface area contributed by atoms with Gasteiger partial charge in [-0.3, -0.25) is 4.99 Å². The van der Waals surface area contributed by atoms with Gasteiger partial charge in [-0.1, -0.05) is 23.2 Å². The molecule has 28 heavy (non-hydrogen) atoms. The SMILES string of the molecule is CCOc1c(OC)cc(CNC(=NC)NCc2cc(Cl)c(Cl)n2C)cc1OC. The lowest BCUT2D eigenvalue weighted by Crippen LogP contribution is -2.36. The Balaban J connectivity index is 2.05. The van der Waals surface area contributed by atoms with Crippen molar-refractivity contribution in [2.75, 3.05) is 27.9 Å². The van der Waals surface area contributed by atoms with Crippen LogP contribution >= 0.6 is 23.2 Å². The van der Waals surface area contributed by atoms with E-state index in [0.717, 1.165) is 11.3 Å². The Morgan fingerprint density at radius 3 is 2.14 bits per heavy atom. The van der Waals surface area contributed by atoms with Crippen molar-refractivity contribution >= 4 is 29.2 Å². The fraction of sp³-hybridized carbons (Fsp3) is 0.421. The quantitative estimate of drug-likeness (QED) is 0.496. The predicted octanol–water partition coefficient (Wildman–Crippen LogP) is 3.61. The highest BCUT2D eigenvalue weighted by atomic mass is 35.5. The van der Waals surface area contributed by atoms with Gasteiger partial charge in [0.05, 0.1) is 32.4 Å². The Bertz CT molecular complexity index is 812. The molecule has 0 saturated heterocycles. The molecule has 2 rings (SSSR count). The number of hydrogen-bond donors (Lipinski definition) is 2. The molecular formula is C19H26Cl2N4O3. The van der Waals surface area contributed by atoms with Crippen LogP contribution in [0.15, 0.2) is 23.2 Å². The summed E-state index contributed by atoms with van der Waals surface area (Å²) in [7, 11) is 6.77. The van der Waals surface area contributed by atoms with E-state index in [1.54, 1.807) is 21.3 Å². The number of methoxy groups -OCH3 is 2. The number of halogens is 2. The van der Waals surface area contributed by atoms with Crippen molar-refractivity contribution < 1.29 is 14.2 Å². The number of nitrogens with one attached hydrogen (secondary N) is 2. The van der Waals surface area contributed by atoms with Crippen molar-refractivity contribution in [2.24, 2.45) is 12.0 Å². The summed E-state index contributed by atoms with van der Waals surface area (Å²) >= 11 is 12.2. The van der Waals surface area contributed by atoms with Gasteiger partial charge in [0.1, 0.15) is 5.15 Å². The molecule has 0 aliphatic heterocycles. The topological polar surface area (TPSA) is 69.0 Å². The number of ether oxygens (including phenoxy) is 3. The van der Waals surface area contributed by atoms with E-state index >= 15 is 0 Å². The first-order valence-electron chi connectivity index (χ1n) is 8.76. The molecule has 0 amide bonds. The average Bonchev–Trinajstić information content (AvgIpc) is 2.95. The summed E-state index contributed by atoms with van der Waals surface area (Å²) in [6.07, 6.45) is 0. The molecule has 7 nitrogen and oxygen atoms in total. The molecule has 1 heterocycles. The minimum Gasteiger partial charge on any atom is -0.493 e. The average molecular weight is 429 g/mol. The normalized spacial score (nSPS) is 11.3. The van der Waals surface area contributed by atoms with Gasteiger partial charge in [0, 0.05) is 26.3 Å². The maximum Gasteiger partial charge on any atom is 0.203 e. The van der Waals surface area contributed by atoms with Crippen LogP contribution in [0.5, 0.6) is 17.2 Å². The van der Waals surface area contributed by atoms with E-state index in [1.165, 1.54) is 0 Å². The zero-order chi connectivity index (χ0) is 20.7. The lowest BCUT2D eigenvalue weighted by Gasteiger charge is -2.17.